The number of nitro groups is 1. The number of hydrogen-bond acceptors (Lipinski definition) is 5. The van der Waals surface area contributed by atoms with Crippen molar-refractivity contribution in [2.75, 3.05) is 6.54 Å². The van der Waals surface area contributed by atoms with Gasteiger partial charge in [0.1, 0.15) is 11.5 Å². The van der Waals surface area contributed by atoms with Gasteiger partial charge in [-0.25, -0.2) is 21.0 Å². The molecule has 1 saturated heterocycles. The molecular formula is C14H23N5O2. The van der Waals surface area contributed by atoms with E-state index in [1.165, 1.54) is 0 Å². The minimum atomic E-state index is -0.561. The molecule has 1 rings (SSSR count). The van der Waals surface area contributed by atoms with Crippen LogP contribution in [0, 0.1) is 10.1 Å². The lowest BCUT2D eigenvalue weighted by Crippen LogP contribution is -2.47. The highest BCUT2D eigenvalue weighted by Crippen LogP contribution is 2.17. The van der Waals surface area contributed by atoms with Crippen molar-refractivity contribution in [1.82, 2.24) is 21.4 Å². The van der Waals surface area contributed by atoms with Crippen LogP contribution in [0.3, 0.4) is 0 Å². The van der Waals surface area contributed by atoms with Crippen LogP contribution in [0.15, 0.2) is 49.0 Å². The molecule has 7 nitrogen and oxygen atoms in total. The second-order valence-electron chi connectivity index (χ2n) is 5.04. The molecule has 0 atom stereocenters. The van der Waals surface area contributed by atoms with E-state index in [2.05, 4.69) is 42.6 Å². The standard InChI is InChI=1S/C14H23N5O2/c1-11-6-5-7-13(3)18(19(20)21)17-14(4)16-15-10-12(2)9-8-11/h15-17H,1-10H2. The van der Waals surface area contributed by atoms with Crippen LogP contribution < -0.4 is 16.3 Å². The molecule has 1 aliphatic heterocycles. The van der Waals surface area contributed by atoms with Crippen molar-refractivity contribution >= 4 is 0 Å². The number of nitrogens with zero attached hydrogens (tertiary/aromatic N) is 2. The van der Waals surface area contributed by atoms with E-state index in [-0.39, 0.29) is 5.82 Å². The van der Waals surface area contributed by atoms with E-state index >= 15 is 0 Å². The quantitative estimate of drug-likeness (QED) is 0.390. The molecule has 0 aromatic carbocycles. The van der Waals surface area contributed by atoms with Crippen LogP contribution >= 0.6 is 0 Å². The van der Waals surface area contributed by atoms with Gasteiger partial charge in [-0.3, -0.25) is 0 Å². The van der Waals surface area contributed by atoms with Crippen molar-refractivity contribution in [1.29, 1.82) is 0 Å². The van der Waals surface area contributed by atoms with Gasteiger partial charge in [0, 0.05) is 6.54 Å². The molecule has 0 aromatic rings. The summed E-state index contributed by atoms with van der Waals surface area (Å²) in [6, 6.07) is 0. The first-order valence-electron chi connectivity index (χ1n) is 6.80. The fraction of sp³-hybridized carbons (Fsp3) is 0.429. The van der Waals surface area contributed by atoms with Crippen molar-refractivity contribution in [3.63, 3.8) is 0 Å². The summed E-state index contributed by atoms with van der Waals surface area (Å²) in [7, 11) is 0. The van der Waals surface area contributed by atoms with Gasteiger partial charge in [-0.1, -0.05) is 37.5 Å². The molecule has 0 unspecified atom stereocenters. The van der Waals surface area contributed by atoms with Crippen LogP contribution in [0.1, 0.15) is 32.1 Å². The first kappa shape index (κ1) is 16.8. The van der Waals surface area contributed by atoms with Crippen molar-refractivity contribution in [2.24, 2.45) is 0 Å². The van der Waals surface area contributed by atoms with Gasteiger partial charge < -0.3 is 5.43 Å². The summed E-state index contributed by atoms with van der Waals surface area (Å²) in [4.78, 5) is 11.1. The summed E-state index contributed by atoms with van der Waals surface area (Å²) in [6.07, 6.45) is 3.86. The molecule has 7 heteroatoms. The minimum absolute atomic E-state index is 0.266. The highest BCUT2D eigenvalue weighted by molar-refractivity contribution is 5.05. The number of hydrazine groups is 3. The van der Waals surface area contributed by atoms with Gasteiger partial charge in [0.05, 0.1) is 0 Å². The Morgan fingerprint density at radius 1 is 1.05 bits per heavy atom. The number of hydrogen-bond donors (Lipinski definition) is 3. The van der Waals surface area contributed by atoms with Gasteiger partial charge in [0.2, 0.25) is 0 Å². The average molecular weight is 293 g/mol. The molecule has 0 spiro atoms. The topological polar surface area (TPSA) is 82.5 Å². The molecule has 0 radical (unpaired) electrons. The van der Waals surface area contributed by atoms with Crippen molar-refractivity contribution in [2.45, 2.75) is 32.1 Å². The van der Waals surface area contributed by atoms with Crippen molar-refractivity contribution < 1.29 is 5.03 Å². The van der Waals surface area contributed by atoms with E-state index < -0.39 is 5.03 Å². The predicted molar refractivity (Wildman–Crippen MR) is 82.8 cm³/mol. The predicted octanol–water partition coefficient (Wildman–Crippen LogP) is 2.14. The lowest BCUT2D eigenvalue weighted by Gasteiger charge is -2.21. The summed E-state index contributed by atoms with van der Waals surface area (Å²) in [5, 5.41) is 11.3. The monoisotopic (exact) mass is 293 g/mol. The maximum Gasteiger partial charge on any atom is 0.186 e. The molecule has 0 aliphatic carbocycles. The third-order valence-corrected chi connectivity index (χ3v) is 3.11. The fourth-order valence-corrected chi connectivity index (χ4v) is 1.88. The Hall–Kier alpha value is -2.28. The fourth-order valence-electron chi connectivity index (χ4n) is 1.88. The van der Waals surface area contributed by atoms with Gasteiger partial charge in [-0.05, 0) is 37.2 Å². The minimum Gasteiger partial charge on any atom is -0.306 e. The molecule has 3 N–H and O–H groups in total. The summed E-state index contributed by atoms with van der Waals surface area (Å²) in [5.41, 5.74) is 10.8. The van der Waals surface area contributed by atoms with Crippen LogP contribution in [-0.2, 0) is 0 Å². The molecule has 0 saturated carbocycles. The highest BCUT2D eigenvalue weighted by atomic mass is 16.7. The molecule has 0 bridgehead atoms. The van der Waals surface area contributed by atoms with Crippen molar-refractivity contribution in [3.05, 3.63) is 59.1 Å². The van der Waals surface area contributed by atoms with Gasteiger partial charge in [0.15, 0.2) is 5.03 Å². The Bertz CT molecular complexity index is 458. The molecule has 0 amide bonds. The largest absolute Gasteiger partial charge is 0.306 e. The van der Waals surface area contributed by atoms with E-state index in [9.17, 15) is 10.1 Å². The van der Waals surface area contributed by atoms with E-state index in [1.807, 2.05) is 0 Å². The summed E-state index contributed by atoms with van der Waals surface area (Å²) in [5.74, 6) is 0.266. The van der Waals surface area contributed by atoms with Crippen LogP contribution in [0.5, 0.6) is 0 Å². The average Bonchev–Trinajstić information content (AvgIpc) is 2.41. The Morgan fingerprint density at radius 3 is 2.38 bits per heavy atom. The first-order chi connectivity index (χ1) is 9.90. The van der Waals surface area contributed by atoms with Crippen LogP contribution in [0.25, 0.3) is 0 Å². The molecule has 1 aliphatic rings. The zero-order valence-corrected chi connectivity index (χ0v) is 12.3. The number of nitrogens with one attached hydrogen (secondary N) is 3. The Balaban J connectivity index is 2.71. The van der Waals surface area contributed by atoms with Crippen molar-refractivity contribution in [3.8, 4) is 0 Å². The highest BCUT2D eigenvalue weighted by Gasteiger charge is 2.19. The molecule has 1 fully saturated rings. The third-order valence-electron chi connectivity index (χ3n) is 3.11. The molecule has 0 aromatic heterocycles. The zero-order chi connectivity index (χ0) is 15.8. The van der Waals surface area contributed by atoms with Crippen LogP contribution in [0.2, 0.25) is 0 Å². The van der Waals surface area contributed by atoms with E-state index in [0.717, 1.165) is 41.9 Å². The smallest absolute Gasteiger partial charge is 0.186 e. The van der Waals surface area contributed by atoms with Crippen LogP contribution in [-0.4, -0.2) is 16.7 Å². The Kier molecular flexibility index (Phi) is 6.48. The van der Waals surface area contributed by atoms with Crippen LogP contribution in [0.4, 0.5) is 0 Å². The summed E-state index contributed by atoms with van der Waals surface area (Å²) >= 11 is 0. The molecule has 116 valence electrons. The molecule has 1 heterocycles. The maximum atomic E-state index is 11.1. The number of rotatable bonds is 1. The van der Waals surface area contributed by atoms with E-state index in [4.69, 9.17) is 0 Å². The Labute approximate surface area is 125 Å². The van der Waals surface area contributed by atoms with Gasteiger partial charge in [0.25, 0.3) is 0 Å². The summed E-state index contributed by atoms with van der Waals surface area (Å²) in [6.45, 7) is 16.0. The van der Waals surface area contributed by atoms with E-state index in [1.54, 1.807) is 0 Å². The SMILES string of the molecule is C=C1CCCC(=C)N([N+](=O)[O-])NC(=C)NNCC(=C)CC1. The zero-order valence-electron chi connectivity index (χ0n) is 12.3. The van der Waals surface area contributed by atoms with Gasteiger partial charge in [-0.15, -0.1) is 0 Å². The summed E-state index contributed by atoms with van der Waals surface area (Å²) < 4.78 is 0. The second kappa shape index (κ2) is 8.11. The number of allylic oxidation sites excluding steroid dienone is 2. The lowest BCUT2D eigenvalue weighted by atomic mass is 10.0. The normalized spacial score (nSPS) is 19.5. The molecule has 21 heavy (non-hydrogen) atoms. The van der Waals surface area contributed by atoms with Gasteiger partial charge in [-0.2, -0.15) is 0 Å². The second-order valence-corrected chi connectivity index (χ2v) is 5.04. The first-order valence-corrected chi connectivity index (χ1v) is 6.80. The maximum absolute atomic E-state index is 11.1. The van der Waals surface area contributed by atoms with Gasteiger partial charge >= 0.3 is 0 Å². The lowest BCUT2D eigenvalue weighted by molar-refractivity contribution is -0.657. The Morgan fingerprint density at radius 2 is 1.71 bits per heavy atom. The van der Waals surface area contributed by atoms with E-state index in [0.29, 0.717) is 18.7 Å². The molecular weight excluding hydrogens is 270 g/mol. The third kappa shape index (κ3) is 6.13.